The van der Waals surface area contributed by atoms with Crippen LogP contribution < -0.4 is 4.74 Å². The number of ether oxygens (including phenoxy) is 1. The summed E-state index contributed by atoms with van der Waals surface area (Å²) < 4.78 is 18.8. The fraction of sp³-hybridized carbons (Fsp3) is 0.188. The summed E-state index contributed by atoms with van der Waals surface area (Å²) in [5, 5.41) is 18.8. The third-order valence-electron chi connectivity index (χ3n) is 2.99. The van der Waals surface area contributed by atoms with Crippen LogP contribution in [0.4, 0.5) is 4.39 Å². The lowest BCUT2D eigenvalue weighted by molar-refractivity contribution is 0.189. The molecule has 0 radical (unpaired) electrons. The van der Waals surface area contributed by atoms with Crippen molar-refractivity contribution in [3.8, 4) is 11.8 Å². The molecule has 3 nitrogen and oxygen atoms in total. The number of hydrogen-bond acceptors (Lipinski definition) is 3. The topological polar surface area (TPSA) is 53.2 Å². The molecular weight excluding hydrogens is 293 g/mol. The molecule has 5 heteroatoms. The predicted molar refractivity (Wildman–Crippen MR) is 77.5 cm³/mol. The maximum atomic E-state index is 13.2. The lowest BCUT2D eigenvalue weighted by atomic mass is 10.1. The molecule has 1 atom stereocenters. The second-order valence-corrected chi connectivity index (χ2v) is 4.97. The Hall–Kier alpha value is -2.09. The molecule has 0 aromatic heterocycles. The molecule has 1 N–H and O–H groups in total. The molecule has 0 saturated carbocycles. The van der Waals surface area contributed by atoms with Crippen molar-refractivity contribution in [2.45, 2.75) is 19.6 Å². The summed E-state index contributed by atoms with van der Waals surface area (Å²) in [5.74, 6) is -0.0403. The Bertz CT molecular complexity index is 695. The van der Waals surface area contributed by atoms with E-state index in [4.69, 9.17) is 21.6 Å². The van der Waals surface area contributed by atoms with Crippen LogP contribution in [0.2, 0.25) is 5.02 Å². The van der Waals surface area contributed by atoms with Crippen LogP contribution in [-0.4, -0.2) is 5.11 Å². The number of hydrogen-bond donors (Lipinski definition) is 1. The Labute approximate surface area is 127 Å². The molecule has 0 aliphatic carbocycles. The summed E-state index contributed by atoms with van der Waals surface area (Å²) in [5.41, 5.74) is 1.55. The second kappa shape index (κ2) is 6.57. The Morgan fingerprint density at radius 1 is 1.33 bits per heavy atom. The average molecular weight is 306 g/mol. The van der Waals surface area contributed by atoms with Crippen LogP contribution in [0.5, 0.6) is 5.75 Å². The first kappa shape index (κ1) is 15.3. The van der Waals surface area contributed by atoms with Crippen molar-refractivity contribution >= 4 is 11.6 Å². The number of rotatable bonds is 4. The maximum Gasteiger partial charge on any atom is 0.125 e. The van der Waals surface area contributed by atoms with Gasteiger partial charge in [0.05, 0.1) is 17.7 Å². The lowest BCUT2D eigenvalue weighted by Crippen LogP contribution is -2.02. The summed E-state index contributed by atoms with van der Waals surface area (Å²) in [6, 6.07) is 10.9. The van der Waals surface area contributed by atoms with E-state index in [0.29, 0.717) is 27.5 Å². The Morgan fingerprint density at radius 3 is 2.71 bits per heavy atom. The second-order valence-electron chi connectivity index (χ2n) is 4.56. The van der Waals surface area contributed by atoms with Crippen molar-refractivity contribution in [2.24, 2.45) is 0 Å². The summed E-state index contributed by atoms with van der Waals surface area (Å²) in [7, 11) is 0. The van der Waals surface area contributed by atoms with E-state index >= 15 is 0 Å². The van der Waals surface area contributed by atoms with Gasteiger partial charge in [-0.1, -0.05) is 17.7 Å². The van der Waals surface area contributed by atoms with Crippen molar-refractivity contribution in [1.82, 2.24) is 0 Å². The highest BCUT2D eigenvalue weighted by molar-refractivity contribution is 6.31. The zero-order chi connectivity index (χ0) is 15.4. The van der Waals surface area contributed by atoms with Crippen LogP contribution in [0.15, 0.2) is 36.4 Å². The van der Waals surface area contributed by atoms with Crippen LogP contribution >= 0.6 is 11.6 Å². The number of benzene rings is 2. The Morgan fingerprint density at radius 2 is 2.10 bits per heavy atom. The van der Waals surface area contributed by atoms with Crippen LogP contribution in [0.25, 0.3) is 0 Å². The normalized spacial score (nSPS) is 11.8. The van der Waals surface area contributed by atoms with Gasteiger partial charge in [-0.25, -0.2) is 4.39 Å². The van der Waals surface area contributed by atoms with E-state index in [-0.39, 0.29) is 6.61 Å². The largest absolute Gasteiger partial charge is 0.488 e. The van der Waals surface area contributed by atoms with Gasteiger partial charge in [-0.15, -0.1) is 0 Å². The molecule has 0 aliphatic rings. The van der Waals surface area contributed by atoms with Gasteiger partial charge in [-0.05, 0) is 37.3 Å². The van der Waals surface area contributed by atoms with E-state index in [1.807, 2.05) is 6.07 Å². The zero-order valence-corrected chi connectivity index (χ0v) is 12.1. The fourth-order valence-electron chi connectivity index (χ4n) is 1.87. The van der Waals surface area contributed by atoms with E-state index in [9.17, 15) is 9.50 Å². The van der Waals surface area contributed by atoms with Gasteiger partial charge in [0.25, 0.3) is 0 Å². The Balaban J connectivity index is 2.19. The zero-order valence-electron chi connectivity index (χ0n) is 11.3. The highest BCUT2D eigenvalue weighted by atomic mass is 35.5. The van der Waals surface area contributed by atoms with Crippen molar-refractivity contribution < 1.29 is 14.2 Å². The summed E-state index contributed by atoms with van der Waals surface area (Å²) in [6.07, 6.45) is -0.841. The SMILES string of the molecule is CC(O)c1cc(F)ccc1OCc1ccc(C#N)cc1Cl. The minimum Gasteiger partial charge on any atom is -0.488 e. The standard InChI is InChI=1S/C16H13ClFNO2/c1-10(20)14-7-13(18)4-5-16(14)21-9-12-3-2-11(8-19)6-15(12)17/h2-7,10,20H,9H2,1H3. The summed E-state index contributed by atoms with van der Waals surface area (Å²) >= 11 is 6.06. The molecule has 0 aliphatic heterocycles. The number of nitrogens with zero attached hydrogens (tertiary/aromatic N) is 1. The van der Waals surface area contributed by atoms with Gasteiger partial charge >= 0.3 is 0 Å². The molecule has 2 rings (SSSR count). The van der Waals surface area contributed by atoms with Crippen LogP contribution in [-0.2, 0) is 6.61 Å². The predicted octanol–water partition coefficient (Wildman–Crippen LogP) is 3.98. The number of aliphatic hydroxyl groups is 1. The van der Waals surface area contributed by atoms with Crippen LogP contribution in [0.3, 0.4) is 0 Å². The third-order valence-corrected chi connectivity index (χ3v) is 3.34. The number of nitriles is 1. The number of halogens is 2. The first-order chi connectivity index (χ1) is 10.0. The summed E-state index contributed by atoms with van der Waals surface area (Å²) in [4.78, 5) is 0. The van der Waals surface area contributed by atoms with Crippen molar-refractivity contribution in [3.63, 3.8) is 0 Å². The van der Waals surface area contributed by atoms with Gasteiger partial charge < -0.3 is 9.84 Å². The molecule has 2 aromatic carbocycles. The lowest BCUT2D eigenvalue weighted by Gasteiger charge is -2.14. The first-order valence-corrected chi connectivity index (χ1v) is 6.68. The quantitative estimate of drug-likeness (QED) is 0.929. The van der Waals surface area contributed by atoms with E-state index in [1.165, 1.54) is 25.1 Å². The van der Waals surface area contributed by atoms with Crippen LogP contribution in [0.1, 0.15) is 29.7 Å². The Kier molecular flexibility index (Phi) is 4.79. The maximum absolute atomic E-state index is 13.2. The van der Waals surface area contributed by atoms with Gasteiger partial charge in [0.1, 0.15) is 18.2 Å². The van der Waals surface area contributed by atoms with Gasteiger partial charge in [-0.2, -0.15) is 5.26 Å². The fourth-order valence-corrected chi connectivity index (χ4v) is 2.10. The monoisotopic (exact) mass is 305 g/mol. The third kappa shape index (κ3) is 3.72. The van der Waals surface area contributed by atoms with Crippen LogP contribution in [0, 0.1) is 17.1 Å². The molecule has 1 unspecified atom stereocenters. The van der Waals surface area contributed by atoms with Gasteiger partial charge in [0.2, 0.25) is 0 Å². The molecule has 2 aromatic rings. The van der Waals surface area contributed by atoms with E-state index in [2.05, 4.69) is 0 Å². The molecule has 0 fully saturated rings. The molecule has 0 saturated heterocycles. The molecule has 0 heterocycles. The minimum atomic E-state index is -0.841. The van der Waals surface area contributed by atoms with Gasteiger partial charge in [-0.3, -0.25) is 0 Å². The van der Waals surface area contributed by atoms with Gasteiger partial charge in [0.15, 0.2) is 0 Å². The molecule has 0 bridgehead atoms. The van der Waals surface area contributed by atoms with E-state index < -0.39 is 11.9 Å². The van der Waals surface area contributed by atoms with Crippen molar-refractivity contribution in [1.29, 1.82) is 5.26 Å². The molecule has 0 spiro atoms. The molecular formula is C16H13ClFNO2. The number of aliphatic hydroxyl groups excluding tert-OH is 1. The molecule has 21 heavy (non-hydrogen) atoms. The molecule has 108 valence electrons. The molecule has 0 amide bonds. The smallest absolute Gasteiger partial charge is 0.125 e. The highest BCUT2D eigenvalue weighted by Crippen LogP contribution is 2.27. The minimum absolute atomic E-state index is 0.163. The first-order valence-electron chi connectivity index (χ1n) is 6.30. The highest BCUT2D eigenvalue weighted by Gasteiger charge is 2.11. The van der Waals surface area contributed by atoms with E-state index in [1.54, 1.807) is 18.2 Å². The van der Waals surface area contributed by atoms with Gasteiger partial charge in [0, 0.05) is 16.1 Å². The van der Waals surface area contributed by atoms with Crippen molar-refractivity contribution in [2.75, 3.05) is 0 Å². The average Bonchev–Trinajstić information content (AvgIpc) is 2.46. The van der Waals surface area contributed by atoms with Crippen molar-refractivity contribution in [3.05, 3.63) is 63.9 Å². The summed E-state index contributed by atoms with van der Waals surface area (Å²) in [6.45, 7) is 1.70. The van der Waals surface area contributed by atoms with E-state index in [0.717, 1.165) is 0 Å².